The molecule has 0 spiro atoms. The number of nitrogens with zero attached hydrogens (tertiary/aromatic N) is 3. The molecule has 26 heavy (non-hydrogen) atoms. The Morgan fingerprint density at radius 2 is 1.81 bits per heavy atom. The molecular formula is C19H20FN3O2S. The average Bonchev–Trinajstić information content (AvgIpc) is 2.64. The van der Waals surface area contributed by atoms with Gasteiger partial charge in [0.2, 0.25) is 0 Å². The maximum atomic E-state index is 13.1. The number of pyridine rings is 1. The van der Waals surface area contributed by atoms with Crippen LogP contribution in [0.1, 0.15) is 24.5 Å². The van der Waals surface area contributed by atoms with Crippen LogP contribution in [-0.4, -0.2) is 14.1 Å². The predicted molar refractivity (Wildman–Crippen MR) is 102 cm³/mol. The number of aromatic nitrogens is 3. The van der Waals surface area contributed by atoms with Crippen LogP contribution in [0.25, 0.3) is 11.0 Å². The number of hydrogen-bond donors (Lipinski definition) is 0. The number of thioether (sulfide) groups is 1. The number of hydrogen-bond acceptors (Lipinski definition) is 4. The van der Waals surface area contributed by atoms with Crippen molar-refractivity contribution < 1.29 is 4.39 Å². The lowest BCUT2D eigenvalue weighted by Crippen LogP contribution is -2.37. The lowest BCUT2D eigenvalue weighted by atomic mass is 10.1. The zero-order valence-corrected chi connectivity index (χ0v) is 15.8. The van der Waals surface area contributed by atoms with E-state index in [0.29, 0.717) is 16.8 Å². The highest BCUT2D eigenvalue weighted by Gasteiger charge is 2.17. The molecule has 1 aromatic carbocycles. The molecule has 2 heterocycles. The number of aryl methyl sites for hydroxylation is 2. The molecule has 0 amide bonds. The molecule has 0 aliphatic heterocycles. The van der Waals surface area contributed by atoms with Gasteiger partial charge in [0.05, 0.1) is 5.39 Å². The van der Waals surface area contributed by atoms with Crippen molar-refractivity contribution in [3.8, 4) is 0 Å². The second kappa shape index (κ2) is 7.45. The minimum absolute atomic E-state index is 0.274. The van der Waals surface area contributed by atoms with Crippen LogP contribution >= 0.6 is 11.8 Å². The molecule has 5 nitrogen and oxygen atoms in total. The highest BCUT2D eigenvalue weighted by Crippen LogP contribution is 2.31. The number of fused-ring (bicyclic) bond motifs is 1. The van der Waals surface area contributed by atoms with E-state index >= 15 is 0 Å². The third-order valence-corrected chi connectivity index (χ3v) is 5.54. The molecule has 3 rings (SSSR count). The van der Waals surface area contributed by atoms with Crippen LogP contribution in [0.15, 0.2) is 44.9 Å². The van der Waals surface area contributed by atoms with Crippen LogP contribution in [-0.2, 0) is 26.3 Å². The summed E-state index contributed by atoms with van der Waals surface area (Å²) in [7, 11) is 3.09. The highest BCUT2D eigenvalue weighted by molar-refractivity contribution is 7.98. The van der Waals surface area contributed by atoms with Crippen LogP contribution in [0.3, 0.4) is 0 Å². The molecule has 2 aromatic heterocycles. The van der Waals surface area contributed by atoms with Gasteiger partial charge in [-0.1, -0.05) is 25.5 Å². The van der Waals surface area contributed by atoms with Crippen LogP contribution in [0.5, 0.6) is 0 Å². The van der Waals surface area contributed by atoms with Crippen molar-refractivity contribution in [1.82, 2.24) is 14.1 Å². The van der Waals surface area contributed by atoms with Crippen molar-refractivity contribution in [2.75, 3.05) is 0 Å². The predicted octanol–water partition coefficient (Wildman–Crippen LogP) is 3.02. The van der Waals surface area contributed by atoms with Crippen molar-refractivity contribution in [1.29, 1.82) is 0 Å². The van der Waals surface area contributed by atoms with Gasteiger partial charge in [-0.3, -0.25) is 13.9 Å². The van der Waals surface area contributed by atoms with Gasteiger partial charge in [0, 0.05) is 30.9 Å². The number of benzene rings is 1. The van der Waals surface area contributed by atoms with E-state index in [4.69, 9.17) is 0 Å². The second-order valence-electron chi connectivity index (χ2n) is 6.18. The molecular weight excluding hydrogens is 353 g/mol. The van der Waals surface area contributed by atoms with E-state index in [9.17, 15) is 14.0 Å². The third-order valence-electron chi connectivity index (χ3n) is 4.31. The Kier molecular flexibility index (Phi) is 5.27. The standard InChI is InChI=1S/C19H20FN3O2S/c1-4-5-13-10-21-17-15(18(24)23(3)19(25)22(17)2)16(13)26-11-12-6-8-14(20)9-7-12/h6-10H,4-5,11H2,1-3H3. The maximum Gasteiger partial charge on any atom is 0.332 e. The first-order chi connectivity index (χ1) is 12.4. The monoisotopic (exact) mass is 373 g/mol. The Balaban J connectivity index is 2.16. The lowest BCUT2D eigenvalue weighted by Gasteiger charge is -2.14. The Labute approximate surface area is 154 Å². The first kappa shape index (κ1) is 18.4. The zero-order chi connectivity index (χ0) is 18.8. The molecule has 0 aliphatic rings. The highest BCUT2D eigenvalue weighted by atomic mass is 32.2. The lowest BCUT2D eigenvalue weighted by molar-refractivity contribution is 0.627. The van der Waals surface area contributed by atoms with Gasteiger partial charge in [-0.05, 0) is 29.7 Å². The fourth-order valence-electron chi connectivity index (χ4n) is 2.89. The van der Waals surface area contributed by atoms with Gasteiger partial charge >= 0.3 is 5.69 Å². The number of rotatable bonds is 5. The normalized spacial score (nSPS) is 11.2. The van der Waals surface area contributed by atoms with Gasteiger partial charge in [-0.15, -0.1) is 11.8 Å². The van der Waals surface area contributed by atoms with Crippen molar-refractivity contribution >= 4 is 22.8 Å². The quantitative estimate of drug-likeness (QED) is 0.645. The second-order valence-corrected chi connectivity index (χ2v) is 7.17. The van der Waals surface area contributed by atoms with Crippen molar-refractivity contribution in [3.63, 3.8) is 0 Å². The van der Waals surface area contributed by atoms with Crippen molar-refractivity contribution in [2.24, 2.45) is 14.1 Å². The SMILES string of the molecule is CCCc1cnc2c(c1SCc1ccc(F)cc1)c(=O)n(C)c(=O)n2C. The molecule has 136 valence electrons. The van der Waals surface area contributed by atoms with Crippen molar-refractivity contribution in [2.45, 2.75) is 30.4 Å². The minimum atomic E-state index is -0.396. The maximum absolute atomic E-state index is 13.1. The Morgan fingerprint density at radius 1 is 1.12 bits per heavy atom. The first-order valence-corrected chi connectivity index (χ1v) is 9.37. The smallest absolute Gasteiger partial charge is 0.280 e. The minimum Gasteiger partial charge on any atom is -0.280 e. The van der Waals surface area contributed by atoms with Crippen LogP contribution in [0.2, 0.25) is 0 Å². The summed E-state index contributed by atoms with van der Waals surface area (Å²) in [6, 6.07) is 6.32. The van der Waals surface area contributed by atoms with E-state index < -0.39 is 5.69 Å². The average molecular weight is 373 g/mol. The summed E-state index contributed by atoms with van der Waals surface area (Å²) in [4.78, 5) is 30.2. The fraction of sp³-hybridized carbons (Fsp3) is 0.316. The largest absolute Gasteiger partial charge is 0.332 e. The van der Waals surface area contributed by atoms with E-state index in [1.807, 2.05) is 0 Å². The summed E-state index contributed by atoms with van der Waals surface area (Å²) in [5.74, 6) is 0.325. The van der Waals surface area contributed by atoms with Gasteiger partial charge in [0.15, 0.2) is 0 Å². The van der Waals surface area contributed by atoms with E-state index in [-0.39, 0.29) is 11.4 Å². The van der Waals surface area contributed by atoms with Crippen molar-refractivity contribution in [3.05, 3.63) is 68.2 Å². The van der Waals surface area contributed by atoms with E-state index in [0.717, 1.165) is 33.4 Å². The zero-order valence-electron chi connectivity index (χ0n) is 15.0. The van der Waals surface area contributed by atoms with Gasteiger partial charge in [-0.2, -0.15) is 0 Å². The summed E-state index contributed by atoms with van der Waals surface area (Å²) < 4.78 is 15.6. The number of halogens is 1. The Morgan fingerprint density at radius 3 is 2.46 bits per heavy atom. The summed E-state index contributed by atoms with van der Waals surface area (Å²) >= 11 is 1.52. The molecule has 0 N–H and O–H groups in total. The van der Waals surface area contributed by atoms with Crippen LogP contribution < -0.4 is 11.2 Å². The molecule has 0 atom stereocenters. The first-order valence-electron chi connectivity index (χ1n) is 8.38. The van der Waals surface area contributed by atoms with Gasteiger partial charge in [0.1, 0.15) is 11.5 Å². The van der Waals surface area contributed by atoms with Crippen LogP contribution in [0, 0.1) is 5.82 Å². The fourth-order valence-corrected chi connectivity index (χ4v) is 4.06. The molecule has 0 radical (unpaired) electrons. The van der Waals surface area contributed by atoms with Gasteiger partial charge in [-0.25, -0.2) is 14.2 Å². The molecule has 0 saturated carbocycles. The van der Waals surface area contributed by atoms with Gasteiger partial charge in [0.25, 0.3) is 5.56 Å². The molecule has 7 heteroatoms. The van der Waals surface area contributed by atoms with E-state index in [1.165, 1.54) is 35.5 Å². The van der Waals surface area contributed by atoms with Gasteiger partial charge < -0.3 is 0 Å². The topological polar surface area (TPSA) is 56.9 Å². The summed E-state index contributed by atoms with van der Waals surface area (Å²) in [5, 5.41) is 0.465. The summed E-state index contributed by atoms with van der Waals surface area (Å²) in [6.45, 7) is 2.07. The Hall–Kier alpha value is -2.41. The van der Waals surface area contributed by atoms with E-state index in [2.05, 4.69) is 11.9 Å². The third kappa shape index (κ3) is 3.31. The molecule has 0 unspecified atom stereocenters. The summed E-state index contributed by atoms with van der Waals surface area (Å²) in [6.07, 6.45) is 3.46. The summed E-state index contributed by atoms with van der Waals surface area (Å²) in [5.41, 5.74) is 1.61. The molecule has 0 bridgehead atoms. The molecule has 0 aliphatic carbocycles. The Bertz CT molecular complexity index is 1070. The van der Waals surface area contributed by atoms with Crippen LogP contribution in [0.4, 0.5) is 4.39 Å². The molecule has 0 fully saturated rings. The van der Waals surface area contributed by atoms with E-state index in [1.54, 1.807) is 25.4 Å². The molecule has 0 saturated heterocycles. The molecule has 3 aromatic rings.